The number of alkyl halides is 3. The first-order valence-corrected chi connectivity index (χ1v) is 12.5. The van der Waals surface area contributed by atoms with Crippen molar-refractivity contribution in [2.24, 2.45) is 0 Å². The number of rotatable bonds is 5. The molecule has 3 aromatic rings. The molecule has 0 unspecified atom stereocenters. The van der Waals surface area contributed by atoms with Crippen LogP contribution in [0, 0.1) is 0 Å². The predicted octanol–water partition coefficient (Wildman–Crippen LogP) is 4.96. The number of Topliss-reactive ketones (excluding diaryl/α,β-unsaturated/α-hetero) is 1. The van der Waals surface area contributed by atoms with Crippen molar-refractivity contribution >= 4 is 49.8 Å². The molecule has 1 aromatic heterocycles. The van der Waals surface area contributed by atoms with Crippen molar-refractivity contribution in [3.05, 3.63) is 88.1 Å². The quantitative estimate of drug-likeness (QED) is 0.513. The minimum atomic E-state index is -4.51. The van der Waals surface area contributed by atoms with E-state index in [0.29, 0.717) is 21.5 Å². The second-order valence-corrected chi connectivity index (χ2v) is 10.2. The molecule has 11 heteroatoms. The minimum Gasteiger partial charge on any atom is -0.331 e. The summed E-state index contributed by atoms with van der Waals surface area (Å²) in [6.07, 6.45) is 1.23. The molecule has 6 nitrogen and oxygen atoms in total. The van der Waals surface area contributed by atoms with Gasteiger partial charge in [-0.3, -0.25) is 9.59 Å². The van der Waals surface area contributed by atoms with Crippen LogP contribution < -0.4 is 4.72 Å². The van der Waals surface area contributed by atoms with Crippen molar-refractivity contribution in [2.75, 3.05) is 6.26 Å². The average molecular weight is 523 g/mol. The molecule has 0 atom stereocenters. The summed E-state index contributed by atoms with van der Waals surface area (Å²) in [4.78, 5) is 26.0. The second kappa shape index (κ2) is 9.01. The number of benzene rings is 2. The van der Waals surface area contributed by atoms with Crippen LogP contribution in [0.3, 0.4) is 0 Å². The highest BCUT2D eigenvalue weighted by molar-refractivity contribution is 7.89. The number of nitrogens with zero attached hydrogens (tertiary/aromatic N) is 1. The molecule has 0 saturated carbocycles. The Labute approximate surface area is 203 Å². The van der Waals surface area contributed by atoms with Crippen LogP contribution in [-0.2, 0) is 27.5 Å². The SMILES string of the molecule is CS(=O)(=O)NC(=O)c1c(C2=CC=CCC2=O)c2cc(Cl)ccc2n1Cc1ccc(C(F)(F)F)cc1. The van der Waals surface area contributed by atoms with Crippen molar-refractivity contribution in [1.82, 2.24) is 9.29 Å². The summed E-state index contributed by atoms with van der Waals surface area (Å²) in [6.45, 7) is -0.0694. The molecule has 35 heavy (non-hydrogen) atoms. The van der Waals surface area contributed by atoms with E-state index in [4.69, 9.17) is 11.6 Å². The summed E-state index contributed by atoms with van der Waals surface area (Å²) in [5.74, 6) is -1.26. The first kappa shape index (κ1) is 24.7. The van der Waals surface area contributed by atoms with Gasteiger partial charge in [0.15, 0.2) is 5.78 Å². The van der Waals surface area contributed by atoms with E-state index in [0.717, 1.165) is 18.4 Å². The number of ketones is 1. The number of hydrogen-bond donors (Lipinski definition) is 1. The molecule has 0 bridgehead atoms. The molecule has 0 aliphatic heterocycles. The molecular weight excluding hydrogens is 505 g/mol. The maximum atomic E-state index is 13.2. The lowest BCUT2D eigenvalue weighted by atomic mass is 9.93. The zero-order valence-electron chi connectivity index (χ0n) is 18.2. The van der Waals surface area contributed by atoms with Crippen molar-refractivity contribution in [2.45, 2.75) is 19.1 Å². The van der Waals surface area contributed by atoms with Crippen molar-refractivity contribution in [3.8, 4) is 0 Å². The summed E-state index contributed by atoms with van der Waals surface area (Å²) in [5, 5.41) is 0.748. The molecule has 1 amide bonds. The van der Waals surface area contributed by atoms with Crippen LogP contribution in [0.15, 0.2) is 60.7 Å². The van der Waals surface area contributed by atoms with Crippen LogP contribution in [0.1, 0.15) is 33.6 Å². The van der Waals surface area contributed by atoms with Crippen LogP contribution in [-0.4, -0.2) is 30.9 Å². The van der Waals surface area contributed by atoms with Crippen molar-refractivity contribution in [3.63, 3.8) is 0 Å². The third kappa shape index (κ3) is 5.18. The Bertz CT molecular complexity index is 1520. The molecule has 1 N–H and O–H groups in total. The van der Waals surface area contributed by atoms with Gasteiger partial charge >= 0.3 is 6.18 Å². The Balaban J connectivity index is 1.97. The lowest BCUT2D eigenvalue weighted by Crippen LogP contribution is -2.32. The summed E-state index contributed by atoms with van der Waals surface area (Å²) in [7, 11) is -3.97. The van der Waals surface area contributed by atoms with Gasteiger partial charge in [0.2, 0.25) is 10.0 Å². The first-order valence-electron chi connectivity index (χ1n) is 10.3. The summed E-state index contributed by atoms with van der Waals surface area (Å²) >= 11 is 6.20. The number of carbonyl (C=O) groups excluding carboxylic acids is 2. The number of sulfonamides is 1. The Morgan fingerprint density at radius 2 is 1.83 bits per heavy atom. The van der Waals surface area contributed by atoms with Gasteiger partial charge in [0.25, 0.3) is 5.91 Å². The Morgan fingerprint density at radius 3 is 2.43 bits per heavy atom. The van der Waals surface area contributed by atoms with Gasteiger partial charge in [0.1, 0.15) is 5.69 Å². The molecule has 1 heterocycles. The highest BCUT2D eigenvalue weighted by Gasteiger charge is 2.31. The third-order valence-corrected chi connectivity index (χ3v) is 6.20. The molecule has 0 saturated heterocycles. The van der Waals surface area contributed by atoms with E-state index in [-0.39, 0.29) is 35.6 Å². The van der Waals surface area contributed by atoms with Crippen LogP contribution >= 0.6 is 11.6 Å². The largest absolute Gasteiger partial charge is 0.416 e. The fourth-order valence-corrected chi connectivity index (χ4v) is 4.57. The van der Waals surface area contributed by atoms with Crippen LogP contribution in [0.5, 0.6) is 0 Å². The van der Waals surface area contributed by atoms with Gasteiger partial charge in [-0.2, -0.15) is 13.2 Å². The Kier molecular flexibility index (Phi) is 6.37. The lowest BCUT2D eigenvalue weighted by molar-refractivity contribution is -0.137. The number of nitrogens with one attached hydrogen (secondary N) is 1. The first-order chi connectivity index (χ1) is 16.3. The monoisotopic (exact) mass is 522 g/mol. The minimum absolute atomic E-state index is 0.0694. The topological polar surface area (TPSA) is 85.2 Å². The molecule has 182 valence electrons. The molecular formula is C24H18ClF3N2O4S. The number of aromatic nitrogens is 1. The third-order valence-electron chi connectivity index (χ3n) is 5.41. The second-order valence-electron chi connectivity index (χ2n) is 8.01. The number of amides is 1. The number of allylic oxidation sites excluding steroid dienone is 4. The van der Waals surface area contributed by atoms with E-state index in [1.807, 2.05) is 4.72 Å². The maximum absolute atomic E-state index is 13.2. The molecule has 4 rings (SSSR count). The van der Waals surface area contributed by atoms with Crippen molar-refractivity contribution < 1.29 is 31.2 Å². The van der Waals surface area contributed by atoms with Crippen molar-refractivity contribution in [1.29, 1.82) is 0 Å². The number of fused-ring (bicyclic) bond motifs is 1. The molecule has 0 radical (unpaired) electrons. The van der Waals surface area contributed by atoms with Gasteiger partial charge in [0, 0.05) is 40.0 Å². The molecule has 1 aliphatic rings. The highest BCUT2D eigenvalue weighted by Crippen LogP contribution is 2.36. The number of hydrogen-bond acceptors (Lipinski definition) is 4. The zero-order chi connectivity index (χ0) is 25.5. The lowest BCUT2D eigenvalue weighted by Gasteiger charge is -2.14. The smallest absolute Gasteiger partial charge is 0.331 e. The van der Waals surface area contributed by atoms with Crippen LogP contribution in [0.25, 0.3) is 16.5 Å². The fourth-order valence-electron chi connectivity index (χ4n) is 3.96. The van der Waals surface area contributed by atoms with Gasteiger partial charge in [-0.15, -0.1) is 0 Å². The average Bonchev–Trinajstić information content (AvgIpc) is 3.06. The van der Waals surface area contributed by atoms with Crippen LogP contribution in [0.2, 0.25) is 5.02 Å². The van der Waals surface area contributed by atoms with Gasteiger partial charge in [-0.1, -0.05) is 42.0 Å². The summed E-state index contributed by atoms with van der Waals surface area (Å²) in [5.41, 5.74) is 0.322. The number of halogens is 4. The van der Waals surface area contributed by atoms with Gasteiger partial charge in [-0.25, -0.2) is 13.1 Å². The molecule has 2 aromatic carbocycles. The Hall–Kier alpha value is -3.37. The van der Waals surface area contributed by atoms with E-state index in [1.165, 1.54) is 22.8 Å². The van der Waals surface area contributed by atoms with E-state index >= 15 is 0 Å². The number of carbonyl (C=O) groups is 2. The van der Waals surface area contributed by atoms with Crippen LogP contribution in [0.4, 0.5) is 13.2 Å². The molecule has 0 spiro atoms. The standard InChI is InChI=1S/C24H18ClF3N2O4S/c1-35(33,34)29-23(32)22-21(17-4-2-3-5-20(17)31)18-12-16(25)10-11-19(18)30(22)13-14-6-8-15(9-7-14)24(26,27)28/h2-4,6-12H,5,13H2,1H3,(H,29,32). The normalized spacial score (nSPS) is 14.3. The maximum Gasteiger partial charge on any atom is 0.416 e. The van der Waals surface area contributed by atoms with E-state index in [2.05, 4.69) is 0 Å². The molecule has 1 aliphatic carbocycles. The van der Waals surface area contributed by atoms with Gasteiger partial charge in [0.05, 0.1) is 11.8 Å². The Morgan fingerprint density at radius 1 is 1.14 bits per heavy atom. The van der Waals surface area contributed by atoms with Gasteiger partial charge in [-0.05, 0) is 35.9 Å². The van der Waals surface area contributed by atoms with Gasteiger partial charge < -0.3 is 4.57 Å². The highest BCUT2D eigenvalue weighted by atomic mass is 35.5. The molecule has 0 fully saturated rings. The fraction of sp³-hybridized carbons (Fsp3) is 0.167. The summed E-state index contributed by atoms with van der Waals surface area (Å²) in [6, 6.07) is 9.12. The zero-order valence-corrected chi connectivity index (χ0v) is 19.8. The predicted molar refractivity (Wildman–Crippen MR) is 127 cm³/mol. The van der Waals surface area contributed by atoms with E-state index in [9.17, 15) is 31.2 Å². The van der Waals surface area contributed by atoms with E-state index in [1.54, 1.807) is 30.4 Å². The summed E-state index contributed by atoms with van der Waals surface area (Å²) < 4.78 is 66.1. The van der Waals surface area contributed by atoms with E-state index < -0.39 is 27.7 Å².